The number of nitrogens with one attached hydrogen (secondary N) is 1. The van der Waals surface area contributed by atoms with E-state index in [-0.39, 0.29) is 0 Å². The largest absolute Gasteiger partial charge is 0.360 e. The van der Waals surface area contributed by atoms with E-state index in [0.29, 0.717) is 0 Å². The number of hydrogen-bond donors (Lipinski definition) is 1. The molecule has 3 heterocycles. The monoisotopic (exact) mass is 221 g/mol. The second kappa shape index (κ2) is 4.22. The van der Waals surface area contributed by atoms with Crippen LogP contribution in [0.4, 0.5) is 0 Å². The second-order valence-corrected chi connectivity index (χ2v) is 3.75. The Morgan fingerprint density at radius 3 is 2.47 bits per heavy atom. The summed E-state index contributed by atoms with van der Waals surface area (Å²) in [5, 5.41) is 0. The summed E-state index contributed by atoms with van der Waals surface area (Å²) in [5.41, 5.74) is 4.27. The molecule has 0 bridgehead atoms. The van der Waals surface area contributed by atoms with Crippen molar-refractivity contribution in [2.24, 2.45) is 0 Å². The molecule has 1 N–H and O–H groups in total. The molecule has 3 aromatic heterocycles. The van der Waals surface area contributed by atoms with Crippen LogP contribution in [0.2, 0.25) is 0 Å². The van der Waals surface area contributed by atoms with Gasteiger partial charge >= 0.3 is 0 Å². The van der Waals surface area contributed by atoms with Crippen LogP contribution >= 0.6 is 0 Å². The van der Waals surface area contributed by atoms with Gasteiger partial charge in [0.2, 0.25) is 0 Å². The zero-order chi connectivity index (χ0) is 11.5. The van der Waals surface area contributed by atoms with Gasteiger partial charge in [-0.05, 0) is 47.5 Å². The minimum Gasteiger partial charge on any atom is -0.360 e. The molecule has 3 nitrogen and oxygen atoms in total. The highest BCUT2D eigenvalue weighted by atomic mass is 14.8. The SMILES string of the molecule is c1c[nH]c(-c2cc(-c3ccncc3)ccn2)c1. The van der Waals surface area contributed by atoms with Crippen molar-refractivity contribution in [2.45, 2.75) is 0 Å². The Labute approximate surface area is 99.2 Å². The summed E-state index contributed by atoms with van der Waals surface area (Å²) in [6.45, 7) is 0. The van der Waals surface area contributed by atoms with Gasteiger partial charge in [-0.2, -0.15) is 0 Å². The van der Waals surface area contributed by atoms with Gasteiger partial charge in [0.25, 0.3) is 0 Å². The average molecular weight is 221 g/mol. The highest BCUT2D eigenvalue weighted by Gasteiger charge is 2.02. The molecule has 0 saturated carbocycles. The third-order valence-corrected chi connectivity index (χ3v) is 2.65. The first kappa shape index (κ1) is 9.78. The second-order valence-electron chi connectivity index (χ2n) is 3.75. The fourth-order valence-electron chi connectivity index (χ4n) is 1.79. The third kappa shape index (κ3) is 1.95. The van der Waals surface area contributed by atoms with Crippen molar-refractivity contribution in [3.63, 3.8) is 0 Å². The van der Waals surface area contributed by atoms with E-state index in [1.165, 1.54) is 0 Å². The fourth-order valence-corrected chi connectivity index (χ4v) is 1.79. The summed E-state index contributed by atoms with van der Waals surface area (Å²) in [4.78, 5) is 11.5. The predicted octanol–water partition coefficient (Wildman–Crippen LogP) is 3.14. The molecule has 0 unspecified atom stereocenters. The third-order valence-electron chi connectivity index (χ3n) is 2.65. The molecule has 0 atom stereocenters. The number of aromatic amines is 1. The highest BCUT2D eigenvalue weighted by molar-refractivity contribution is 5.68. The minimum absolute atomic E-state index is 0.948. The molecular formula is C14H11N3. The van der Waals surface area contributed by atoms with Gasteiger partial charge in [-0.15, -0.1) is 0 Å². The Morgan fingerprint density at radius 1 is 0.882 bits per heavy atom. The van der Waals surface area contributed by atoms with Crippen LogP contribution in [0.25, 0.3) is 22.5 Å². The normalized spacial score (nSPS) is 10.4. The van der Waals surface area contributed by atoms with Crippen LogP contribution in [0.3, 0.4) is 0 Å². The summed E-state index contributed by atoms with van der Waals surface area (Å²) in [5.74, 6) is 0. The molecule has 0 aliphatic heterocycles. The highest BCUT2D eigenvalue weighted by Crippen LogP contribution is 2.22. The zero-order valence-corrected chi connectivity index (χ0v) is 9.17. The standard InChI is InChI=1S/C14H11N3/c1-2-13(16-6-1)14-10-12(5-9-17-14)11-3-7-15-8-4-11/h1-10,16H. The van der Waals surface area contributed by atoms with E-state index in [1.54, 1.807) is 12.4 Å². The summed E-state index contributed by atoms with van der Waals surface area (Å²) < 4.78 is 0. The number of pyridine rings is 2. The van der Waals surface area contributed by atoms with E-state index in [4.69, 9.17) is 0 Å². The van der Waals surface area contributed by atoms with Crippen molar-refractivity contribution in [3.05, 3.63) is 61.2 Å². The lowest BCUT2D eigenvalue weighted by molar-refractivity contribution is 1.28. The van der Waals surface area contributed by atoms with Gasteiger partial charge in [-0.1, -0.05) is 0 Å². The van der Waals surface area contributed by atoms with Gasteiger partial charge in [-0.3, -0.25) is 9.97 Å². The van der Waals surface area contributed by atoms with Crippen LogP contribution in [0.5, 0.6) is 0 Å². The fraction of sp³-hybridized carbons (Fsp3) is 0. The summed E-state index contributed by atoms with van der Waals surface area (Å²) in [6.07, 6.45) is 7.32. The number of nitrogens with zero attached hydrogens (tertiary/aromatic N) is 2. The molecule has 3 aromatic rings. The van der Waals surface area contributed by atoms with Crippen LogP contribution in [0.15, 0.2) is 61.2 Å². The molecule has 17 heavy (non-hydrogen) atoms. The number of aromatic nitrogens is 3. The van der Waals surface area contributed by atoms with Crippen LogP contribution < -0.4 is 0 Å². The summed E-state index contributed by atoms with van der Waals surface area (Å²) in [7, 11) is 0. The first-order chi connectivity index (χ1) is 8.43. The number of rotatable bonds is 2. The lowest BCUT2D eigenvalue weighted by Gasteiger charge is -2.03. The van der Waals surface area contributed by atoms with Crippen molar-refractivity contribution in [3.8, 4) is 22.5 Å². The van der Waals surface area contributed by atoms with E-state index in [2.05, 4.69) is 21.0 Å². The van der Waals surface area contributed by atoms with Crippen molar-refractivity contribution in [2.75, 3.05) is 0 Å². The van der Waals surface area contributed by atoms with Crippen LogP contribution in [0.1, 0.15) is 0 Å². The Morgan fingerprint density at radius 2 is 1.71 bits per heavy atom. The van der Waals surface area contributed by atoms with E-state index in [1.807, 2.05) is 42.7 Å². The summed E-state index contributed by atoms with van der Waals surface area (Å²) >= 11 is 0. The summed E-state index contributed by atoms with van der Waals surface area (Å²) in [6, 6.07) is 12.0. The minimum atomic E-state index is 0.948. The van der Waals surface area contributed by atoms with E-state index >= 15 is 0 Å². The van der Waals surface area contributed by atoms with Gasteiger partial charge in [0.05, 0.1) is 11.4 Å². The van der Waals surface area contributed by atoms with Crippen LogP contribution in [-0.4, -0.2) is 15.0 Å². The molecule has 82 valence electrons. The van der Waals surface area contributed by atoms with Gasteiger partial charge < -0.3 is 4.98 Å². The van der Waals surface area contributed by atoms with E-state index < -0.39 is 0 Å². The molecular weight excluding hydrogens is 210 g/mol. The van der Waals surface area contributed by atoms with E-state index in [9.17, 15) is 0 Å². The van der Waals surface area contributed by atoms with Crippen molar-refractivity contribution in [1.82, 2.24) is 15.0 Å². The molecule has 0 spiro atoms. The van der Waals surface area contributed by atoms with Gasteiger partial charge in [0.15, 0.2) is 0 Å². The number of hydrogen-bond acceptors (Lipinski definition) is 2. The Balaban J connectivity index is 2.06. The van der Waals surface area contributed by atoms with Crippen molar-refractivity contribution < 1.29 is 0 Å². The Hall–Kier alpha value is -2.42. The molecule has 0 aliphatic rings. The zero-order valence-electron chi connectivity index (χ0n) is 9.17. The first-order valence-corrected chi connectivity index (χ1v) is 5.44. The predicted molar refractivity (Wildman–Crippen MR) is 67.3 cm³/mol. The molecule has 0 aliphatic carbocycles. The van der Waals surface area contributed by atoms with E-state index in [0.717, 1.165) is 22.5 Å². The molecule has 0 fully saturated rings. The maximum absolute atomic E-state index is 4.36. The molecule has 0 aromatic carbocycles. The quantitative estimate of drug-likeness (QED) is 0.722. The Kier molecular flexibility index (Phi) is 2.43. The molecule has 3 rings (SSSR count). The van der Waals surface area contributed by atoms with Crippen LogP contribution in [-0.2, 0) is 0 Å². The van der Waals surface area contributed by atoms with Gasteiger partial charge in [0, 0.05) is 24.8 Å². The van der Waals surface area contributed by atoms with Crippen molar-refractivity contribution >= 4 is 0 Å². The number of H-pyrrole nitrogens is 1. The molecule has 0 saturated heterocycles. The van der Waals surface area contributed by atoms with Crippen molar-refractivity contribution in [1.29, 1.82) is 0 Å². The molecule has 0 radical (unpaired) electrons. The molecule has 3 heteroatoms. The maximum atomic E-state index is 4.36. The van der Waals surface area contributed by atoms with Gasteiger partial charge in [0.1, 0.15) is 0 Å². The molecule has 0 amide bonds. The smallest absolute Gasteiger partial charge is 0.0870 e. The lowest BCUT2D eigenvalue weighted by Crippen LogP contribution is -1.85. The van der Waals surface area contributed by atoms with Crippen LogP contribution in [0, 0.1) is 0 Å². The topological polar surface area (TPSA) is 41.6 Å². The Bertz CT molecular complexity index is 600. The average Bonchev–Trinajstić information content (AvgIpc) is 2.94. The lowest BCUT2D eigenvalue weighted by atomic mass is 10.1. The first-order valence-electron chi connectivity index (χ1n) is 5.44. The van der Waals surface area contributed by atoms with Gasteiger partial charge in [-0.25, -0.2) is 0 Å². The maximum Gasteiger partial charge on any atom is 0.0870 e.